The highest BCUT2D eigenvalue weighted by Gasteiger charge is 2.24. The lowest BCUT2D eigenvalue weighted by atomic mass is 10.2. The zero-order valence-electron chi connectivity index (χ0n) is 9.35. The van der Waals surface area contributed by atoms with Crippen molar-refractivity contribution < 1.29 is 9.53 Å². The van der Waals surface area contributed by atoms with Crippen LogP contribution in [0.15, 0.2) is 30.3 Å². The van der Waals surface area contributed by atoms with E-state index in [9.17, 15) is 4.79 Å². The van der Waals surface area contributed by atoms with E-state index < -0.39 is 0 Å². The molecule has 1 amide bonds. The fourth-order valence-electron chi connectivity index (χ4n) is 1.68. The van der Waals surface area contributed by atoms with Crippen LogP contribution in [-0.2, 0) is 9.53 Å². The van der Waals surface area contributed by atoms with Gasteiger partial charge in [-0.05, 0) is 19.2 Å². The van der Waals surface area contributed by atoms with Crippen LogP contribution in [0.25, 0.3) is 0 Å². The molecule has 1 heterocycles. The first-order valence-electron chi connectivity index (χ1n) is 5.42. The molecule has 1 atom stereocenters. The summed E-state index contributed by atoms with van der Waals surface area (Å²) in [4.78, 5) is 13.9. The van der Waals surface area contributed by atoms with Crippen LogP contribution in [0.1, 0.15) is 0 Å². The second-order valence-corrected chi connectivity index (χ2v) is 3.98. The molecule has 1 N–H and O–H groups in total. The van der Waals surface area contributed by atoms with Gasteiger partial charge in [-0.15, -0.1) is 0 Å². The van der Waals surface area contributed by atoms with Crippen molar-refractivity contribution in [3.05, 3.63) is 30.3 Å². The molecule has 2 rings (SSSR count). The minimum Gasteiger partial charge on any atom is -0.366 e. The van der Waals surface area contributed by atoms with E-state index in [1.54, 1.807) is 0 Å². The number of ether oxygens (including phenoxy) is 1. The van der Waals surface area contributed by atoms with Gasteiger partial charge in [0.2, 0.25) is 0 Å². The van der Waals surface area contributed by atoms with E-state index in [-0.39, 0.29) is 12.0 Å². The van der Waals surface area contributed by atoms with E-state index in [2.05, 4.69) is 10.2 Å². The Kier molecular flexibility index (Phi) is 3.54. The number of likely N-dealkylation sites (N-methyl/N-ethyl adjacent to an activating group) is 1. The monoisotopic (exact) mass is 220 g/mol. The predicted octanol–water partition coefficient (Wildman–Crippen LogP) is 0.956. The Balaban J connectivity index is 1.93. The van der Waals surface area contributed by atoms with Gasteiger partial charge < -0.3 is 15.0 Å². The first-order chi connectivity index (χ1) is 7.75. The van der Waals surface area contributed by atoms with E-state index in [1.807, 2.05) is 37.4 Å². The molecule has 1 aliphatic rings. The first kappa shape index (κ1) is 11.1. The number of hydrogen-bond acceptors (Lipinski definition) is 3. The molecule has 0 aliphatic carbocycles. The Bertz CT molecular complexity index is 353. The van der Waals surface area contributed by atoms with Gasteiger partial charge in [0.05, 0.1) is 6.61 Å². The van der Waals surface area contributed by atoms with Crippen LogP contribution in [0.4, 0.5) is 5.69 Å². The van der Waals surface area contributed by atoms with Crippen molar-refractivity contribution in [3.8, 4) is 0 Å². The Labute approximate surface area is 95.2 Å². The lowest BCUT2D eigenvalue weighted by Gasteiger charge is -2.29. The van der Waals surface area contributed by atoms with Crippen LogP contribution in [0.5, 0.6) is 0 Å². The number of benzene rings is 1. The number of para-hydroxylation sites is 1. The van der Waals surface area contributed by atoms with Crippen LogP contribution in [0.3, 0.4) is 0 Å². The van der Waals surface area contributed by atoms with Crippen molar-refractivity contribution in [2.75, 3.05) is 32.1 Å². The van der Waals surface area contributed by atoms with Crippen LogP contribution in [-0.4, -0.2) is 43.7 Å². The van der Waals surface area contributed by atoms with Crippen LogP contribution >= 0.6 is 0 Å². The zero-order chi connectivity index (χ0) is 11.4. The summed E-state index contributed by atoms with van der Waals surface area (Å²) in [5.74, 6) is -0.0715. The number of nitrogens with zero attached hydrogens (tertiary/aromatic N) is 1. The molecule has 1 saturated heterocycles. The highest BCUT2D eigenvalue weighted by molar-refractivity contribution is 5.94. The molecule has 1 aromatic rings. The minimum absolute atomic E-state index is 0.0715. The lowest BCUT2D eigenvalue weighted by Crippen LogP contribution is -2.46. The number of rotatable bonds is 2. The molecule has 0 bridgehead atoms. The second-order valence-electron chi connectivity index (χ2n) is 3.98. The summed E-state index contributed by atoms with van der Waals surface area (Å²) in [5, 5.41) is 2.84. The quantitative estimate of drug-likeness (QED) is 0.807. The summed E-state index contributed by atoms with van der Waals surface area (Å²) in [5.41, 5.74) is 0.810. The van der Waals surface area contributed by atoms with E-state index in [1.165, 1.54) is 0 Å². The maximum absolute atomic E-state index is 11.9. The van der Waals surface area contributed by atoms with E-state index in [0.717, 1.165) is 12.2 Å². The topological polar surface area (TPSA) is 41.6 Å². The zero-order valence-corrected chi connectivity index (χ0v) is 9.35. The molecular formula is C12H16N2O2. The van der Waals surface area contributed by atoms with Crippen molar-refractivity contribution in [2.45, 2.75) is 6.10 Å². The van der Waals surface area contributed by atoms with Gasteiger partial charge in [-0.1, -0.05) is 18.2 Å². The van der Waals surface area contributed by atoms with Crippen molar-refractivity contribution in [1.82, 2.24) is 4.90 Å². The fraction of sp³-hybridized carbons (Fsp3) is 0.417. The molecular weight excluding hydrogens is 204 g/mol. The molecule has 0 radical (unpaired) electrons. The van der Waals surface area contributed by atoms with E-state index >= 15 is 0 Å². The van der Waals surface area contributed by atoms with Crippen LogP contribution < -0.4 is 5.32 Å². The summed E-state index contributed by atoms with van der Waals surface area (Å²) in [6.07, 6.45) is -0.362. The number of hydrogen-bond donors (Lipinski definition) is 1. The number of amides is 1. The van der Waals surface area contributed by atoms with Crippen LogP contribution in [0.2, 0.25) is 0 Å². The number of morpholine rings is 1. The largest absolute Gasteiger partial charge is 0.366 e. The highest BCUT2D eigenvalue weighted by Crippen LogP contribution is 2.09. The van der Waals surface area contributed by atoms with Crippen molar-refractivity contribution in [2.24, 2.45) is 0 Å². The van der Waals surface area contributed by atoms with Gasteiger partial charge in [0, 0.05) is 18.8 Å². The molecule has 4 heteroatoms. The van der Waals surface area contributed by atoms with Crippen LogP contribution in [0, 0.1) is 0 Å². The maximum atomic E-state index is 11.9. The highest BCUT2D eigenvalue weighted by atomic mass is 16.5. The summed E-state index contributed by atoms with van der Waals surface area (Å²) in [6.45, 7) is 2.15. The summed E-state index contributed by atoms with van der Waals surface area (Å²) in [6, 6.07) is 9.43. The fourth-order valence-corrected chi connectivity index (χ4v) is 1.68. The van der Waals surface area contributed by atoms with E-state index in [4.69, 9.17) is 4.74 Å². The Hall–Kier alpha value is -1.39. The van der Waals surface area contributed by atoms with Crippen molar-refractivity contribution >= 4 is 11.6 Å². The predicted molar refractivity (Wildman–Crippen MR) is 62.3 cm³/mol. The third-order valence-corrected chi connectivity index (χ3v) is 2.60. The molecule has 0 spiro atoms. The van der Waals surface area contributed by atoms with Gasteiger partial charge in [0.15, 0.2) is 0 Å². The molecule has 4 nitrogen and oxygen atoms in total. The lowest BCUT2D eigenvalue weighted by molar-refractivity contribution is -0.132. The number of anilines is 1. The average molecular weight is 220 g/mol. The molecule has 86 valence electrons. The normalized spacial score (nSPS) is 21.7. The molecule has 1 unspecified atom stereocenters. The third-order valence-electron chi connectivity index (χ3n) is 2.60. The third kappa shape index (κ3) is 2.81. The van der Waals surface area contributed by atoms with Gasteiger partial charge in [0.25, 0.3) is 5.91 Å². The summed E-state index contributed by atoms with van der Waals surface area (Å²) < 4.78 is 5.43. The van der Waals surface area contributed by atoms with E-state index in [0.29, 0.717) is 13.2 Å². The molecule has 1 fully saturated rings. The maximum Gasteiger partial charge on any atom is 0.254 e. The molecule has 1 aliphatic heterocycles. The molecule has 0 aromatic heterocycles. The van der Waals surface area contributed by atoms with Crippen molar-refractivity contribution in [3.63, 3.8) is 0 Å². The number of nitrogens with one attached hydrogen (secondary N) is 1. The molecule has 0 saturated carbocycles. The standard InChI is InChI=1S/C12H16N2O2/c1-14-7-8-16-11(9-14)12(15)13-10-5-3-2-4-6-10/h2-6,11H,7-9H2,1H3,(H,13,15). The Morgan fingerprint density at radius 1 is 1.44 bits per heavy atom. The average Bonchev–Trinajstić information content (AvgIpc) is 2.30. The number of carbonyl (C=O) groups excluding carboxylic acids is 1. The Morgan fingerprint density at radius 2 is 2.19 bits per heavy atom. The van der Waals surface area contributed by atoms with Gasteiger partial charge >= 0.3 is 0 Å². The minimum atomic E-state index is -0.362. The first-order valence-corrected chi connectivity index (χ1v) is 5.42. The molecule has 1 aromatic carbocycles. The molecule has 16 heavy (non-hydrogen) atoms. The smallest absolute Gasteiger partial charge is 0.254 e. The Morgan fingerprint density at radius 3 is 2.88 bits per heavy atom. The number of carbonyl (C=O) groups is 1. The van der Waals surface area contributed by atoms with Gasteiger partial charge in [-0.3, -0.25) is 4.79 Å². The van der Waals surface area contributed by atoms with Gasteiger partial charge in [0.1, 0.15) is 6.10 Å². The SMILES string of the molecule is CN1CCOC(C(=O)Nc2ccccc2)C1. The van der Waals surface area contributed by atoms with Crippen molar-refractivity contribution in [1.29, 1.82) is 0 Å². The summed E-state index contributed by atoms with van der Waals surface area (Å²) >= 11 is 0. The van der Waals surface area contributed by atoms with Gasteiger partial charge in [-0.2, -0.15) is 0 Å². The van der Waals surface area contributed by atoms with Gasteiger partial charge in [-0.25, -0.2) is 0 Å². The second kappa shape index (κ2) is 5.09. The summed E-state index contributed by atoms with van der Waals surface area (Å²) in [7, 11) is 1.99.